The summed E-state index contributed by atoms with van der Waals surface area (Å²) in [5.74, 6) is 0.988. The molecule has 2 unspecified atom stereocenters. The fourth-order valence-corrected chi connectivity index (χ4v) is 4.25. The third kappa shape index (κ3) is 2.71. The van der Waals surface area contributed by atoms with E-state index in [1.54, 1.807) is 11.5 Å². The maximum Gasteiger partial charge on any atom is 0.170 e. The third-order valence-electron chi connectivity index (χ3n) is 2.84. The Hall–Kier alpha value is -0.130. The molecule has 0 saturated heterocycles. The normalized spacial score (nSPS) is 26.0. The van der Waals surface area contributed by atoms with E-state index in [-0.39, 0.29) is 0 Å². The van der Waals surface area contributed by atoms with Gasteiger partial charge in [-0.05, 0) is 31.4 Å². The molecule has 1 heterocycles. The lowest BCUT2D eigenvalue weighted by Crippen LogP contribution is -2.30. The highest BCUT2D eigenvalue weighted by atomic mass is 32.2. The molecular weight excluding hydrogens is 226 g/mol. The fourth-order valence-electron chi connectivity index (χ4n) is 1.96. The molecule has 0 amide bonds. The lowest BCUT2D eigenvalue weighted by atomic mass is 10.2. The predicted molar refractivity (Wildman–Crippen MR) is 65.6 cm³/mol. The summed E-state index contributed by atoms with van der Waals surface area (Å²) in [6.45, 7) is 2.10. The molecule has 0 aromatic carbocycles. The molecule has 5 heteroatoms. The van der Waals surface area contributed by atoms with Crippen molar-refractivity contribution in [3.05, 3.63) is 5.82 Å². The molecule has 0 bridgehead atoms. The Kier molecular flexibility index (Phi) is 3.99. The number of hydrogen-bond acceptors (Lipinski definition) is 5. The zero-order valence-corrected chi connectivity index (χ0v) is 10.8. The second-order valence-corrected chi connectivity index (χ2v) is 6.05. The van der Waals surface area contributed by atoms with E-state index in [1.165, 1.54) is 19.3 Å². The van der Waals surface area contributed by atoms with Crippen LogP contribution in [0.25, 0.3) is 0 Å². The monoisotopic (exact) mass is 243 g/mol. The van der Waals surface area contributed by atoms with E-state index in [0.29, 0.717) is 11.3 Å². The second-order valence-electron chi connectivity index (χ2n) is 3.81. The Morgan fingerprint density at radius 2 is 2.40 bits per heavy atom. The van der Waals surface area contributed by atoms with Crippen molar-refractivity contribution in [2.75, 3.05) is 7.05 Å². The van der Waals surface area contributed by atoms with Crippen molar-refractivity contribution in [2.24, 2.45) is 0 Å². The summed E-state index contributed by atoms with van der Waals surface area (Å²) < 4.78 is 5.45. The maximum absolute atomic E-state index is 4.50. The number of nitrogens with one attached hydrogen (secondary N) is 1. The Balaban J connectivity index is 1.95. The summed E-state index contributed by atoms with van der Waals surface area (Å²) in [5, 5.41) is 4.08. The van der Waals surface area contributed by atoms with Crippen LogP contribution in [0.2, 0.25) is 0 Å². The van der Waals surface area contributed by atoms with E-state index in [9.17, 15) is 0 Å². The van der Waals surface area contributed by atoms with Gasteiger partial charge in [0.2, 0.25) is 0 Å². The summed E-state index contributed by atoms with van der Waals surface area (Å²) in [7, 11) is 2.06. The van der Waals surface area contributed by atoms with Crippen molar-refractivity contribution in [2.45, 2.75) is 48.2 Å². The largest absolute Gasteiger partial charge is 0.316 e. The molecule has 1 N–H and O–H groups in total. The van der Waals surface area contributed by atoms with E-state index in [4.69, 9.17) is 0 Å². The van der Waals surface area contributed by atoms with E-state index in [0.717, 1.165) is 16.6 Å². The minimum absolute atomic E-state index is 0.656. The molecule has 0 radical (unpaired) electrons. The number of aryl methyl sites for hydroxylation is 1. The number of rotatable bonds is 4. The van der Waals surface area contributed by atoms with Gasteiger partial charge in [-0.25, -0.2) is 4.98 Å². The maximum atomic E-state index is 4.50. The first-order valence-corrected chi connectivity index (χ1v) is 7.15. The van der Waals surface area contributed by atoms with Gasteiger partial charge in [0.05, 0.1) is 0 Å². The van der Waals surface area contributed by atoms with Gasteiger partial charge >= 0.3 is 0 Å². The van der Waals surface area contributed by atoms with Gasteiger partial charge in [0.1, 0.15) is 5.82 Å². The van der Waals surface area contributed by atoms with Crippen LogP contribution in [0.3, 0.4) is 0 Å². The van der Waals surface area contributed by atoms with Crippen LogP contribution in [0, 0.1) is 0 Å². The Bertz CT molecular complexity index is 313. The van der Waals surface area contributed by atoms with E-state index >= 15 is 0 Å². The Morgan fingerprint density at radius 1 is 1.53 bits per heavy atom. The van der Waals surface area contributed by atoms with Crippen molar-refractivity contribution in [1.82, 2.24) is 14.7 Å². The summed E-state index contributed by atoms with van der Waals surface area (Å²) in [4.78, 5) is 4.50. The lowest BCUT2D eigenvalue weighted by molar-refractivity contribution is 0.591. The van der Waals surface area contributed by atoms with Crippen LogP contribution in [0.5, 0.6) is 0 Å². The van der Waals surface area contributed by atoms with Crippen LogP contribution in [0.4, 0.5) is 0 Å². The van der Waals surface area contributed by atoms with Crippen LogP contribution in [0.1, 0.15) is 32.0 Å². The van der Waals surface area contributed by atoms with Crippen molar-refractivity contribution in [1.29, 1.82) is 0 Å². The summed E-state index contributed by atoms with van der Waals surface area (Å²) in [6, 6.07) is 0.656. The molecule has 0 aliphatic heterocycles. The van der Waals surface area contributed by atoms with Gasteiger partial charge in [0, 0.05) is 17.7 Å². The molecule has 2 rings (SSSR count). The highest BCUT2D eigenvalue weighted by Gasteiger charge is 2.27. The molecule has 1 aromatic heterocycles. The van der Waals surface area contributed by atoms with Crippen LogP contribution in [0.15, 0.2) is 4.34 Å². The molecule has 1 fully saturated rings. The van der Waals surface area contributed by atoms with Gasteiger partial charge in [-0.15, -0.1) is 0 Å². The number of hydrogen-bond donors (Lipinski definition) is 1. The van der Waals surface area contributed by atoms with Gasteiger partial charge in [0.15, 0.2) is 4.34 Å². The quantitative estimate of drug-likeness (QED) is 0.881. The molecule has 3 nitrogen and oxygen atoms in total. The molecule has 15 heavy (non-hydrogen) atoms. The van der Waals surface area contributed by atoms with Crippen molar-refractivity contribution >= 4 is 23.3 Å². The van der Waals surface area contributed by atoms with Gasteiger partial charge in [-0.2, -0.15) is 4.37 Å². The van der Waals surface area contributed by atoms with Crippen LogP contribution in [-0.4, -0.2) is 27.7 Å². The van der Waals surface area contributed by atoms with Crippen LogP contribution in [-0.2, 0) is 6.42 Å². The minimum atomic E-state index is 0.656. The molecule has 1 aliphatic rings. The van der Waals surface area contributed by atoms with E-state index in [1.807, 2.05) is 11.8 Å². The Labute approximate surface area is 99.2 Å². The van der Waals surface area contributed by atoms with Crippen molar-refractivity contribution in [3.63, 3.8) is 0 Å². The molecule has 1 saturated carbocycles. The zero-order chi connectivity index (χ0) is 10.7. The third-order valence-corrected chi connectivity index (χ3v) is 5.06. The average Bonchev–Trinajstić information content (AvgIpc) is 2.87. The van der Waals surface area contributed by atoms with Crippen LogP contribution < -0.4 is 5.32 Å². The van der Waals surface area contributed by atoms with Crippen LogP contribution >= 0.6 is 23.3 Å². The topological polar surface area (TPSA) is 37.8 Å². The minimum Gasteiger partial charge on any atom is -0.316 e. The lowest BCUT2D eigenvalue weighted by Gasteiger charge is -2.16. The number of nitrogens with zero attached hydrogens (tertiary/aromatic N) is 2. The van der Waals surface area contributed by atoms with Gasteiger partial charge in [0.25, 0.3) is 0 Å². The molecule has 1 aliphatic carbocycles. The first kappa shape index (κ1) is 11.4. The number of thioether (sulfide) groups is 1. The highest BCUT2D eigenvalue weighted by Crippen LogP contribution is 2.35. The number of aromatic nitrogens is 2. The van der Waals surface area contributed by atoms with E-state index < -0.39 is 0 Å². The second kappa shape index (κ2) is 5.27. The smallest absolute Gasteiger partial charge is 0.170 e. The van der Waals surface area contributed by atoms with Crippen molar-refractivity contribution in [3.8, 4) is 0 Å². The van der Waals surface area contributed by atoms with Gasteiger partial charge < -0.3 is 5.32 Å². The first-order valence-electron chi connectivity index (χ1n) is 5.50. The predicted octanol–water partition coefficient (Wildman–Crippen LogP) is 2.33. The van der Waals surface area contributed by atoms with E-state index in [2.05, 4.69) is 28.6 Å². The van der Waals surface area contributed by atoms with Gasteiger partial charge in [-0.1, -0.05) is 25.1 Å². The fraction of sp³-hybridized carbons (Fsp3) is 0.800. The first-order chi connectivity index (χ1) is 7.33. The molecular formula is C10H17N3S2. The molecule has 0 spiro atoms. The van der Waals surface area contributed by atoms with Gasteiger partial charge in [-0.3, -0.25) is 0 Å². The zero-order valence-electron chi connectivity index (χ0n) is 9.19. The summed E-state index contributed by atoms with van der Waals surface area (Å²) in [5.41, 5.74) is 0. The Morgan fingerprint density at radius 3 is 3.07 bits per heavy atom. The summed E-state index contributed by atoms with van der Waals surface area (Å²) in [6.07, 6.45) is 4.88. The standard InChI is InChI=1S/C10H17N3S2/c1-3-9-12-10(15-13-9)14-8-6-4-5-7(8)11-2/h7-8,11H,3-6H2,1-2H3. The highest BCUT2D eigenvalue weighted by molar-refractivity contribution is 8.01. The molecule has 1 aromatic rings. The average molecular weight is 243 g/mol. The van der Waals surface area contributed by atoms with Crippen molar-refractivity contribution < 1.29 is 0 Å². The molecule has 2 atom stereocenters. The summed E-state index contributed by atoms with van der Waals surface area (Å²) >= 11 is 3.45. The molecule has 84 valence electrons. The SMILES string of the molecule is CCc1nsc(SC2CCCC2NC)n1.